The Labute approximate surface area is 135 Å². The lowest BCUT2D eigenvalue weighted by atomic mass is 10.2. The van der Waals surface area contributed by atoms with E-state index < -0.39 is 25.2 Å². The van der Waals surface area contributed by atoms with Crippen molar-refractivity contribution in [3.63, 3.8) is 0 Å². The van der Waals surface area contributed by atoms with Crippen LogP contribution in [0.25, 0.3) is 0 Å². The van der Waals surface area contributed by atoms with Gasteiger partial charge in [0.25, 0.3) is 0 Å². The zero-order chi connectivity index (χ0) is 16.5. The van der Waals surface area contributed by atoms with E-state index in [0.29, 0.717) is 17.1 Å². The van der Waals surface area contributed by atoms with Crippen LogP contribution in [0.2, 0.25) is 0 Å². The van der Waals surface area contributed by atoms with Gasteiger partial charge < -0.3 is 4.74 Å². The lowest BCUT2D eigenvalue weighted by Crippen LogP contribution is -2.49. The summed E-state index contributed by atoms with van der Waals surface area (Å²) < 4.78 is 55.6. The molecule has 1 fully saturated rings. The van der Waals surface area contributed by atoms with Gasteiger partial charge in [0.2, 0.25) is 10.0 Å². The summed E-state index contributed by atoms with van der Waals surface area (Å²) in [6, 6.07) is 4.54. The summed E-state index contributed by atoms with van der Waals surface area (Å²) in [5.41, 5.74) is 0.686. The summed E-state index contributed by atoms with van der Waals surface area (Å²) in [6.07, 6.45) is 1.07. The topological polar surface area (TPSA) is 80.8 Å². The Morgan fingerprint density at radius 1 is 1.27 bits per heavy atom. The molecule has 0 spiro atoms. The summed E-state index contributed by atoms with van der Waals surface area (Å²) >= 11 is 1.45. The largest absolute Gasteiger partial charge is 0.496 e. The van der Waals surface area contributed by atoms with Crippen LogP contribution in [0.5, 0.6) is 5.75 Å². The van der Waals surface area contributed by atoms with Crippen molar-refractivity contribution in [1.29, 1.82) is 0 Å². The smallest absolute Gasteiger partial charge is 0.244 e. The Morgan fingerprint density at radius 3 is 2.50 bits per heavy atom. The number of methoxy groups -OCH3 is 1. The first-order valence-electron chi connectivity index (χ1n) is 6.61. The number of aryl methyl sites for hydroxylation is 1. The van der Waals surface area contributed by atoms with Crippen molar-refractivity contribution in [1.82, 2.24) is 4.31 Å². The van der Waals surface area contributed by atoms with E-state index >= 15 is 0 Å². The van der Waals surface area contributed by atoms with E-state index in [9.17, 15) is 16.8 Å². The molecule has 1 aromatic rings. The second-order valence-electron chi connectivity index (χ2n) is 5.11. The number of thioether (sulfide) groups is 1. The number of hydrogen-bond donors (Lipinski definition) is 0. The third-order valence-corrected chi connectivity index (χ3v) is 8.19. The molecule has 0 aromatic heterocycles. The van der Waals surface area contributed by atoms with E-state index in [4.69, 9.17) is 4.74 Å². The first kappa shape index (κ1) is 17.6. The van der Waals surface area contributed by atoms with Gasteiger partial charge in [-0.05, 0) is 30.7 Å². The SMILES string of the molecule is COc1ccc(S(=O)(=O)N2CCSCC2S(C)(=O)=O)cc1C. The van der Waals surface area contributed by atoms with Crippen LogP contribution in [-0.4, -0.2) is 57.9 Å². The highest BCUT2D eigenvalue weighted by Gasteiger charge is 2.39. The lowest BCUT2D eigenvalue weighted by molar-refractivity contribution is 0.403. The van der Waals surface area contributed by atoms with E-state index in [2.05, 4.69) is 0 Å². The predicted octanol–water partition coefficient (Wildman–Crippen LogP) is 1.11. The van der Waals surface area contributed by atoms with Gasteiger partial charge in [-0.2, -0.15) is 16.1 Å². The third-order valence-electron chi connectivity index (χ3n) is 3.50. The molecule has 6 nitrogen and oxygen atoms in total. The summed E-state index contributed by atoms with van der Waals surface area (Å²) in [5.74, 6) is 1.43. The number of rotatable bonds is 4. The van der Waals surface area contributed by atoms with Crippen LogP contribution in [0.4, 0.5) is 0 Å². The highest BCUT2D eigenvalue weighted by molar-refractivity contribution is 8.01. The van der Waals surface area contributed by atoms with Crippen molar-refractivity contribution in [2.45, 2.75) is 17.2 Å². The first-order valence-corrected chi connectivity index (χ1v) is 11.2. The fraction of sp³-hybridized carbons (Fsp3) is 0.538. The fourth-order valence-electron chi connectivity index (χ4n) is 2.32. The standard InChI is InChI=1S/C13H19NO5S3/c1-10-8-11(4-5-12(10)19-2)22(17,18)14-6-7-20-9-13(14)21(3,15)16/h4-5,8,13H,6-7,9H2,1-3H3. The molecular formula is C13H19NO5S3. The molecule has 9 heteroatoms. The van der Waals surface area contributed by atoms with Crippen LogP contribution < -0.4 is 4.74 Å². The van der Waals surface area contributed by atoms with Crippen molar-refractivity contribution in [3.8, 4) is 5.75 Å². The quantitative estimate of drug-likeness (QED) is 0.795. The summed E-state index contributed by atoms with van der Waals surface area (Å²) in [5, 5.41) is -1.02. The second kappa shape index (κ2) is 6.38. The summed E-state index contributed by atoms with van der Waals surface area (Å²) in [7, 11) is -5.83. The Hall–Kier alpha value is -0.770. The van der Waals surface area contributed by atoms with E-state index in [1.807, 2.05) is 0 Å². The fourth-order valence-corrected chi connectivity index (χ4v) is 7.58. The molecular weight excluding hydrogens is 346 g/mol. The Kier molecular flexibility index (Phi) is 5.10. The minimum absolute atomic E-state index is 0.0892. The van der Waals surface area contributed by atoms with Gasteiger partial charge in [-0.3, -0.25) is 0 Å². The maximum atomic E-state index is 12.8. The van der Waals surface area contributed by atoms with Gasteiger partial charge in [-0.15, -0.1) is 0 Å². The van der Waals surface area contributed by atoms with Gasteiger partial charge >= 0.3 is 0 Å². The predicted molar refractivity (Wildman–Crippen MR) is 87.6 cm³/mol. The number of hydrogen-bond acceptors (Lipinski definition) is 6. The Bertz CT molecular complexity index is 758. The molecule has 1 saturated heterocycles. The van der Waals surface area contributed by atoms with Gasteiger partial charge in [-0.25, -0.2) is 16.8 Å². The molecule has 0 N–H and O–H groups in total. The molecule has 1 aromatic carbocycles. The highest BCUT2D eigenvalue weighted by atomic mass is 32.2. The van der Waals surface area contributed by atoms with Gasteiger partial charge in [0.15, 0.2) is 9.84 Å². The molecule has 1 heterocycles. The van der Waals surface area contributed by atoms with Crippen LogP contribution in [0, 0.1) is 6.92 Å². The second-order valence-corrected chi connectivity index (χ2v) is 10.3. The zero-order valence-electron chi connectivity index (χ0n) is 12.6. The van der Waals surface area contributed by atoms with E-state index in [-0.39, 0.29) is 17.2 Å². The Morgan fingerprint density at radius 2 is 1.95 bits per heavy atom. The molecule has 0 amide bonds. The van der Waals surface area contributed by atoms with Crippen molar-refractivity contribution in [3.05, 3.63) is 23.8 Å². The molecule has 1 aliphatic heterocycles. The third kappa shape index (κ3) is 3.42. The van der Waals surface area contributed by atoms with Crippen LogP contribution in [-0.2, 0) is 19.9 Å². The maximum absolute atomic E-state index is 12.8. The Balaban J connectivity index is 2.46. The van der Waals surface area contributed by atoms with Gasteiger partial charge in [0, 0.05) is 24.3 Å². The maximum Gasteiger partial charge on any atom is 0.244 e. The van der Waals surface area contributed by atoms with E-state index in [1.165, 1.54) is 31.0 Å². The zero-order valence-corrected chi connectivity index (χ0v) is 15.1. The molecule has 0 saturated carbocycles. The van der Waals surface area contributed by atoms with Crippen molar-refractivity contribution in [2.75, 3.05) is 31.4 Å². The summed E-state index contributed by atoms with van der Waals surface area (Å²) in [4.78, 5) is 0.0892. The van der Waals surface area contributed by atoms with Gasteiger partial charge in [0.1, 0.15) is 11.1 Å². The average Bonchev–Trinajstić information content (AvgIpc) is 2.46. The number of benzene rings is 1. The van der Waals surface area contributed by atoms with Crippen molar-refractivity contribution >= 4 is 31.6 Å². The molecule has 0 aliphatic carbocycles. The molecule has 2 rings (SSSR count). The molecule has 124 valence electrons. The number of nitrogens with zero attached hydrogens (tertiary/aromatic N) is 1. The normalized spacial score (nSPS) is 20.8. The van der Waals surface area contributed by atoms with Gasteiger partial charge in [0.05, 0.1) is 12.0 Å². The number of ether oxygens (including phenoxy) is 1. The van der Waals surface area contributed by atoms with E-state index in [0.717, 1.165) is 10.6 Å². The minimum atomic E-state index is -3.86. The van der Waals surface area contributed by atoms with Gasteiger partial charge in [-0.1, -0.05) is 0 Å². The average molecular weight is 365 g/mol. The molecule has 1 atom stereocenters. The number of sulfone groups is 1. The minimum Gasteiger partial charge on any atom is -0.496 e. The highest BCUT2D eigenvalue weighted by Crippen LogP contribution is 2.29. The summed E-state index contributed by atoms with van der Waals surface area (Å²) in [6.45, 7) is 1.94. The van der Waals surface area contributed by atoms with Crippen LogP contribution in [0.15, 0.2) is 23.1 Å². The first-order chi connectivity index (χ1) is 10.2. The monoisotopic (exact) mass is 365 g/mol. The van der Waals surface area contributed by atoms with Crippen LogP contribution in [0.3, 0.4) is 0 Å². The molecule has 1 unspecified atom stereocenters. The van der Waals surface area contributed by atoms with Crippen molar-refractivity contribution < 1.29 is 21.6 Å². The van der Waals surface area contributed by atoms with Crippen molar-refractivity contribution in [2.24, 2.45) is 0 Å². The van der Waals surface area contributed by atoms with Crippen LogP contribution >= 0.6 is 11.8 Å². The number of sulfonamides is 1. The molecule has 22 heavy (non-hydrogen) atoms. The lowest BCUT2D eigenvalue weighted by Gasteiger charge is -2.33. The molecule has 1 aliphatic rings. The van der Waals surface area contributed by atoms with E-state index in [1.54, 1.807) is 13.0 Å². The van der Waals surface area contributed by atoms with Crippen LogP contribution in [0.1, 0.15) is 5.56 Å². The molecule has 0 radical (unpaired) electrons. The molecule has 0 bridgehead atoms.